The molecule has 0 aliphatic heterocycles. The van der Waals surface area contributed by atoms with E-state index in [0.717, 1.165) is 15.6 Å². The molecule has 0 nitrogen and oxygen atoms in total. The minimum atomic E-state index is 0.981. The molecule has 55 valence electrons. The largest absolute Gasteiger partial charge is 0.0985 e. The minimum Gasteiger partial charge on any atom is -0.0985 e. The van der Waals surface area contributed by atoms with Crippen molar-refractivity contribution in [2.75, 3.05) is 0 Å². The van der Waals surface area contributed by atoms with E-state index in [4.69, 9.17) is 0 Å². The Hall–Kier alpha value is -0.820. The van der Waals surface area contributed by atoms with Crippen molar-refractivity contribution in [3.8, 4) is 0 Å². The summed E-state index contributed by atoms with van der Waals surface area (Å²) in [6.07, 6.45) is 4.61. The fourth-order valence-corrected chi connectivity index (χ4v) is 1.34. The van der Waals surface area contributed by atoms with Gasteiger partial charge in [-0.05, 0) is 35.4 Å². The summed E-state index contributed by atoms with van der Waals surface area (Å²) in [6, 6.07) is 5.93. The Morgan fingerprint density at radius 1 is 1.36 bits per heavy atom. The zero-order valence-corrected chi connectivity index (χ0v) is 7.69. The smallest absolute Gasteiger partial charge is 0.0187 e. The average Bonchev–Trinajstić information content (AvgIpc) is 2.03. The highest BCUT2D eigenvalue weighted by Gasteiger charge is 1.92. The predicted molar refractivity (Wildman–Crippen MR) is 52.2 cm³/mol. The SMILES string of the molecule is C=[C]c1cc(Br)cc(C=C)c1. The van der Waals surface area contributed by atoms with Gasteiger partial charge in [0.15, 0.2) is 0 Å². The van der Waals surface area contributed by atoms with Crippen LogP contribution in [0.3, 0.4) is 0 Å². The lowest BCUT2D eigenvalue weighted by Crippen LogP contribution is -1.77. The van der Waals surface area contributed by atoms with Gasteiger partial charge in [0.05, 0.1) is 0 Å². The topological polar surface area (TPSA) is 0 Å². The molecule has 0 aliphatic carbocycles. The summed E-state index contributed by atoms with van der Waals surface area (Å²) in [7, 11) is 0. The number of hydrogen-bond acceptors (Lipinski definition) is 0. The molecule has 0 heterocycles. The van der Waals surface area contributed by atoms with Gasteiger partial charge < -0.3 is 0 Å². The second-order valence-corrected chi connectivity index (χ2v) is 3.07. The molecular weight excluding hydrogens is 200 g/mol. The van der Waals surface area contributed by atoms with Gasteiger partial charge in [0.1, 0.15) is 0 Å². The molecule has 0 saturated carbocycles. The summed E-state index contributed by atoms with van der Waals surface area (Å²) in [5, 5.41) is 0. The van der Waals surface area contributed by atoms with E-state index < -0.39 is 0 Å². The van der Waals surface area contributed by atoms with Gasteiger partial charge in [-0.25, -0.2) is 0 Å². The first-order chi connectivity index (χ1) is 5.26. The Morgan fingerprint density at radius 3 is 2.64 bits per heavy atom. The lowest BCUT2D eigenvalue weighted by Gasteiger charge is -1.97. The summed E-state index contributed by atoms with van der Waals surface area (Å²) in [5.41, 5.74) is 2.06. The Labute approximate surface area is 75.4 Å². The van der Waals surface area contributed by atoms with Crippen molar-refractivity contribution in [1.29, 1.82) is 0 Å². The second kappa shape index (κ2) is 3.54. The molecule has 1 heteroatoms. The molecule has 0 atom stereocenters. The highest BCUT2D eigenvalue weighted by molar-refractivity contribution is 9.10. The highest BCUT2D eigenvalue weighted by Crippen LogP contribution is 2.16. The summed E-state index contributed by atoms with van der Waals surface area (Å²) in [5.74, 6) is 0. The average molecular weight is 208 g/mol. The molecule has 0 saturated heterocycles. The Bertz CT molecular complexity index is 261. The van der Waals surface area contributed by atoms with Crippen molar-refractivity contribution in [1.82, 2.24) is 0 Å². The molecule has 0 aromatic heterocycles. The maximum absolute atomic E-state index is 3.68. The molecule has 0 N–H and O–H groups in total. The third-order valence-electron chi connectivity index (χ3n) is 1.36. The Morgan fingerprint density at radius 2 is 2.09 bits per heavy atom. The van der Waals surface area contributed by atoms with Crippen LogP contribution in [0, 0.1) is 6.08 Å². The minimum absolute atomic E-state index is 0.981. The van der Waals surface area contributed by atoms with Crippen LogP contribution in [0.15, 0.2) is 35.8 Å². The van der Waals surface area contributed by atoms with E-state index >= 15 is 0 Å². The number of benzene rings is 1. The van der Waals surface area contributed by atoms with Gasteiger partial charge in [0.2, 0.25) is 0 Å². The van der Waals surface area contributed by atoms with E-state index in [0.29, 0.717) is 0 Å². The van der Waals surface area contributed by atoms with Crippen molar-refractivity contribution in [2.24, 2.45) is 0 Å². The molecule has 1 aromatic rings. The normalized spacial score (nSPS) is 9.18. The van der Waals surface area contributed by atoms with Gasteiger partial charge in [0.25, 0.3) is 0 Å². The molecule has 11 heavy (non-hydrogen) atoms. The molecular formula is C10H8Br. The van der Waals surface area contributed by atoms with E-state index in [1.54, 1.807) is 6.08 Å². The monoisotopic (exact) mass is 207 g/mol. The lowest BCUT2D eigenvalue weighted by molar-refractivity contribution is 1.52. The van der Waals surface area contributed by atoms with Crippen LogP contribution < -0.4 is 0 Å². The Kier molecular flexibility index (Phi) is 2.66. The summed E-state index contributed by atoms with van der Waals surface area (Å²) >= 11 is 3.38. The number of halogens is 1. The van der Waals surface area contributed by atoms with E-state index in [9.17, 15) is 0 Å². The zero-order chi connectivity index (χ0) is 8.27. The lowest BCUT2D eigenvalue weighted by atomic mass is 10.1. The molecule has 1 rings (SSSR count). The molecule has 1 radical (unpaired) electrons. The first-order valence-electron chi connectivity index (χ1n) is 3.22. The molecule has 0 aliphatic rings. The van der Waals surface area contributed by atoms with E-state index in [2.05, 4.69) is 35.2 Å². The Balaban J connectivity index is 3.21. The van der Waals surface area contributed by atoms with Gasteiger partial charge in [-0.15, -0.1) is 0 Å². The molecule has 0 fully saturated rings. The standard InChI is InChI=1S/C10H8Br/c1-3-8-5-9(4-2)7-10(11)6-8/h3,5-7H,1-2H2. The molecule has 0 unspecified atom stereocenters. The second-order valence-electron chi connectivity index (χ2n) is 2.15. The van der Waals surface area contributed by atoms with Gasteiger partial charge >= 0.3 is 0 Å². The van der Waals surface area contributed by atoms with E-state index in [-0.39, 0.29) is 0 Å². The zero-order valence-electron chi connectivity index (χ0n) is 6.10. The molecule has 0 amide bonds. The third kappa shape index (κ3) is 2.05. The van der Waals surface area contributed by atoms with Crippen LogP contribution in [0.5, 0.6) is 0 Å². The molecule has 0 bridgehead atoms. The first kappa shape index (κ1) is 8.28. The summed E-state index contributed by atoms with van der Waals surface area (Å²) in [6.45, 7) is 7.25. The van der Waals surface area contributed by atoms with Gasteiger partial charge in [0, 0.05) is 4.47 Å². The fraction of sp³-hybridized carbons (Fsp3) is 0. The van der Waals surface area contributed by atoms with Crippen LogP contribution in [-0.4, -0.2) is 0 Å². The van der Waals surface area contributed by atoms with E-state index in [1.165, 1.54) is 0 Å². The van der Waals surface area contributed by atoms with Gasteiger partial charge in [-0.2, -0.15) is 0 Å². The molecule has 1 aromatic carbocycles. The van der Waals surface area contributed by atoms with Crippen molar-refractivity contribution < 1.29 is 0 Å². The van der Waals surface area contributed by atoms with Crippen LogP contribution in [0.2, 0.25) is 0 Å². The summed E-state index contributed by atoms with van der Waals surface area (Å²) < 4.78 is 1.03. The van der Waals surface area contributed by atoms with Crippen molar-refractivity contribution in [3.05, 3.63) is 53.0 Å². The molecule has 0 spiro atoms. The maximum Gasteiger partial charge on any atom is 0.0187 e. The first-order valence-corrected chi connectivity index (χ1v) is 4.01. The quantitative estimate of drug-likeness (QED) is 0.698. The summed E-state index contributed by atoms with van der Waals surface area (Å²) in [4.78, 5) is 0. The van der Waals surface area contributed by atoms with Crippen molar-refractivity contribution >= 4 is 22.0 Å². The van der Waals surface area contributed by atoms with Crippen LogP contribution in [0.25, 0.3) is 6.08 Å². The predicted octanol–water partition coefficient (Wildman–Crippen LogP) is 3.43. The van der Waals surface area contributed by atoms with Crippen molar-refractivity contribution in [2.45, 2.75) is 0 Å². The van der Waals surface area contributed by atoms with Gasteiger partial charge in [-0.3, -0.25) is 0 Å². The maximum atomic E-state index is 3.68. The third-order valence-corrected chi connectivity index (χ3v) is 1.82. The van der Waals surface area contributed by atoms with Crippen LogP contribution >= 0.6 is 15.9 Å². The number of hydrogen-bond donors (Lipinski definition) is 0. The fourth-order valence-electron chi connectivity index (χ4n) is 0.832. The van der Waals surface area contributed by atoms with Crippen molar-refractivity contribution in [3.63, 3.8) is 0 Å². The van der Waals surface area contributed by atoms with E-state index in [1.807, 2.05) is 18.2 Å². The van der Waals surface area contributed by atoms with Crippen LogP contribution in [0.1, 0.15) is 11.1 Å². The van der Waals surface area contributed by atoms with Gasteiger partial charge in [-0.1, -0.05) is 35.2 Å². The number of rotatable bonds is 2. The van der Waals surface area contributed by atoms with Crippen LogP contribution in [-0.2, 0) is 0 Å². The van der Waals surface area contributed by atoms with Crippen LogP contribution in [0.4, 0.5) is 0 Å². The highest BCUT2D eigenvalue weighted by atomic mass is 79.9.